The maximum absolute atomic E-state index is 13.6. The van der Waals surface area contributed by atoms with E-state index in [1.807, 2.05) is 6.92 Å². The zero-order valence-corrected chi connectivity index (χ0v) is 18.4. The maximum Gasteiger partial charge on any atom is 0.416 e. The van der Waals surface area contributed by atoms with Gasteiger partial charge in [0.15, 0.2) is 0 Å². The predicted molar refractivity (Wildman–Crippen MR) is 113 cm³/mol. The highest BCUT2D eigenvalue weighted by molar-refractivity contribution is 6.23. The molecule has 6 nitrogen and oxygen atoms in total. The third-order valence-electron chi connectivity index (χ3n) is 7.07. The van der Waals surface area contributed by atoms with Crippen molar-refractivity contribution in [2.24, 2.45) is 5.92 Å². The molecule has 0 saturated carbocycles. The first-order valence-corrected chi connectivity index (χ1v) is 11.4. The Balaban J connectivity index is 1.53. The lowest BCUT2D eigenvalue weighted by molar-refractivity contribution is -0.137. The number of hydrogen-bond acceptors (Lipinski definition) is 4. The van der Waals surface area contributed by atoms with E-state index in [0.717, 1.165) is 62.6 Å². The maximum atomic E-state index is 13.6. The SMILES string of the molecule is CCN1C(=O)N(c2ccc(C(F)(F)F)cc2)C(=O)[C@@]12CCCN(CC1CCOCC1)CC2. The Hall–Kier alpha value is -2.13. The second-order valence-electron chi connectivity index (χ2n) is 8.95. The molecule has 3 saturated heterocycles. The van der Waals surface area contributed by atoms with Crippen molar-refractivity contribution in [2.45, 2.75) is 50.7 Å². The van der Waals surface area contributed by atoms with Crippen LogP contribution in [0.5, 0.6) is 0 Å². The molecule has 1 atom stereocenters. The summed E-state index contributed by atoms with van der Waals surface area (Å²) in [6.45, 7) is 6.36. The zero-order chi connectivity index (χ0) is 22.9. The lowest BCUT2D eigenvalue weighted by atomic mass is 9.88. The van der Waals surface area contributed by atoms with E-state index in [1.165, 1.54) is 12.1 Å². The predicted octanol–water partition coefficient (Wildman–Crippen LogP) is 4.15. The van der Waals surface area contributed by atoms with Crippen LogP contribution in [-0.4, -0.2) is 66.7 Å². The van der Waals surface area contributed by atoms with E-state index in [9.17, 15) is 22.8 Å². The Kier molecular flexibility index (Phi) is 6.49. The average molecular weight is 454 g/mol. The Morgan fingerprint density at radius 3 is 2.38 bits per heavy atom. The fourth-order valence-electron chi connectivity index (χ4n) is 5.31. The van der Waals surface area contributed by atoms with Gasteiger partial charge in [0.2, 0.25) is 0 Å². The van der Waals surface area contributed by atoms with Gasteiger partial charge in [-0.2, -0.15) is 13.2 Å². The highest BCUT2D eigenvalue weighted by Crippen LogP contribution is 2.40. The minimum Gasteiger partial charge on any atom is -0.381 e. The summed E-state index contributed by atoms with van der Waals surface area (Å²) in [7, 11) is 0. The number of hydrogen-bond donors (Lipinski definition) is 0. The Morgan fingerprint density at radius 2 is 1.75 bits per heavy atom. The molecule has 0 bridgehead atoms. The first-order valence-electron chi connectivity index (χ1n) is 11.4. The van der Waals surface area contributed by atoms with Gasteiger partial charge in [-0.3, -0.25) is 4.79 Å². The highest BCUT2D eigenvalue weighted by Gasteiger charge is 2.57. The summed E-state index contributed by atoms with van der Waals surface area (Å²) in [5.74, 6) is 0.265. The number of carbonyl (C=O) groups is 2. The number of anilines is 1. The number of benzene rings is 1. The van der Waals surface area contributed by atoms with Gasteiger partial charge in [0.25, 0.3) is 5.91 Å². The number of imide groups is 1. The Morgan fingerprint density at radius 1 is 1.06 bits per heavy atom. The molecule has 3 fully saturated rings. The van der Waals surface area contributed by atoms with Crippen molar-refractivity contribution in [1.29, 1.82) is 0 Å². The fraction of sp³-hybridized carbons (Fsp3) is 0.652. The van der Waals surface area contributed by atoms with Crippen LogP contribution < -0.4 is 4.90 Å². The molecule has 0 unspecified atom stereocenters. The smallest absolute Gasteiger partial charge is 0.381 e. The van der Waals surface area contributed by atoms with Crippen molar-refractivity contribution in [3.63, 3.8) is 0 Å². The van der Waals surface area contributed by atoms with Crippen LogP contribution in [0.3, 0.4) is 0 Å². The van der Waals surface area contributed by atoms with Crippen LogP contribution in [0.4, 0.5) is 23.7 Å². The minimum atomic E-state index is -4.47. The van der Waals surface area contributed by atoms with Crippen molar-refractivity contribution < 1.29 is 27.5 Å². The van der Waals surface area contributed by atoms with E-state index < -0.39 is 23.3 Å². The van der Waals surface area contributed by atoms with Gasteiger partial charge >= 0.3 is 12.2 Å². The first kappa shape index (κ1) is 23.0. The van der Waals surface area contributed by atoms with E-state index in [-0.39, 0.29) is 11.6 Å². The summed E-state index contributed by atoms with van der Waals surface area (Å²) in [5.41, 5.74) is -1.55. The van der Waals surface area contributed by atoms with Crippen molar-refractivity contribution in [2.75, 3.05) is 44.3 Å². The number of halogens is 3. The highest BCUT2D eigenvalue weighted by atomic mass is 19.4. The number of likely N-dealkylation sites (tertiary alicyclic amines) is 1. The topological polar surface area (TPSA) is 53.1 Å². The molecule has 9 heteroatoms. The number of urea groups is 1. The lowest BCUT2D eigenvalue weighted by Gasteiger charge is -2.34. The summed E-state index contributed by atoms with van der Waals surface area (Å²) >= 11 is 0. The van der Waals surface area contributed by atoms with Gasteiger partial charge < -0.3 is 14.5 Å². The number of likely N-dealkylation sites (N-methyl/N-ethyl adjacent to an activating group) is 1. The molecule has 1 aromatic carbocycles. The number of alkyl halides is 3. The molecular formula is C23H30F3N3O3. The minimum absolute atomic E-state index is 0.187. The van der Waals surface area contributed by atoms with Gasteiger partial charge in [0, 0.05) is 32.8 Å². The first-order chi connectivity index (χ1) is 15.3. The molecule has 0 aliphatic carbocycles. The molecule has 4 rings (SSSR count). The van der Waals surface area contributed by atoms with Gasteiger partial charge in [-0.1, -0.05) is 0 Å². The molecule has 3 amide bonds. The van der Waals surface area contributed by atoms with Crippen LogP contribution in [0, 0.1) is 5.92 Å². The van der Waals surface area contributed by atoms with E-state index in [2.05, 4.69) is 4.90 Å². The second kappa shape index (κ2) is 9.02. The summed E-state index contributed by atoms with van der Waals surface area (Å²) in [6.07, 6.45) is -0.495. The molecule has 3 aliphatic heterocycles. The average Bonchev–Trinajstić information content (AvgIpc) is 2.88. The molecule has 176 valence electrons. The largest absolute Gasteiger partial charge is 0.416 e. The molecule has 3 aliphatic rings. The standard InChI is InChI=1S/C23H30F3N3O3/c1-2-28-21(31)29(19-6-4-18(5-7-19)23(24,25)26)20(30)22(28)10-3-12-27(13-11-22)16-17-8-14-32-15-9-17/h4-7,17H,2-3,8-16H2,1H3/t22-/m0/s1. The van der Waals surface area contributed by atoms with Crippen LogP contribution in [-0.2, 0) is 15.7 Å². The van der Waals surface area contributed by atoms with Crippen LogP contribution in [0.25, 0.3) is 0 Å². The van der Waals surface area contributed by atoms with Gasteiger partial charge in [-0.05, 0) is 75.8 Å². The molecule has 0 radical (unpaired) electrons. The third-order valence-corrected chi connectivity index (χ3v) is 7.07. The van der Waals surface area contributed by atoms with Crippen molar-refractivity contribution >= 4 is 17.6 Å². The zero-order valence-electron chi connectivity index (χ0n) is 18.4. The van der Waals surface area contributed by atoms with Gasteiger partial charge in [0.1, 0.15) is 5.54 Å². The summed E-state index contributed by atoms with van der Waals surface area (Å²) < 4.78 is 44.3. The third kappa shape index (κ3) is 4.24. The van der Waals surface area contributed by atoms with Gasteiger partial charge in [0.05, 0.1) is 11.3 Å². The van der Waals surface area contributed by atoms with Crippen LogP contribution >= 0.6 is 0 Å². The quantitative estimate of drug-likeness (QED) is 0.643. The van der Waals surface area contributed by atoms with E-state index in [1.54, 1.807) is 4.90 Å². The van der Waals surface area contributed by atoms with Crippen LogP contribution in [0.2, 0.25) is 0 Å². The van der Waals surface area contributed by atoms with Gasteiger partial charge in [-0.15, -0.1) is 0 Å². The second-order valence-corrected chi connectivity index (χ2v) is 8.95. The molecule has 3 heterocycles. The summed E-state index contributed by atoms with van der Waals surface area (Å²) in [5, 5.41) is 0. The molecule has 0 N–H and O–H groups in total. The van der Waals surface area contributed by atoms with Crippen molar-refractivity contribution in [1.82, 2.24) is 9.80 Å². The molecule has 1 spiro atoms. The molecular weight excluding hydrogens is 423 g/mol. The number of nitrogens with zero attached hydrogens (tertiary/aromatic N) is 3. The van der Waals surface area contributed by atoms with Crippen LogP contribution in [0.1, 0.15) is 44.6 Å². The molecule has 0 aromatic heterocycles. The number of carbonyl (C=O) groups excluding carboxylic acids is 2. The van der Waals surface area contributed by atoms with E-state index in [0.29, 0.717) is 31.8 Å². The van der Waals surface area contributed by atoms with Gasteiger partial charge in [-0.25, -0.2) is 9.69 Å². The Labute approximate surface area is 186 Å². The summed E-state index contributed by atoms with van der Waals surface area (Å²) in [4.78, 5) is 31.9. The van der Waals surface area contributed by atoms with E-state index >= 15 is 0 Å². The van der Waals surface area contributed by atoms with Crippen molar-refractivity contribution in [3.05, 3.63) is 29.8 Å². The number of amides is 3. The summed E-state index contributed by atoms with van der Waals surface area (Å²) in [6, 6.07) is 3.80. The Bertz CT molecular complexity index is 839. The number of rotatable bonds is 4. The van der Waals surface area contributed by atoms with Crippen LogP contribution in [0.15, 0.2) is 24.3 Å². The molecule has 32 heavy (non-hydrogen) atoms. The normalized spacial score (nSPS) is 26.2. The van der Waals surface area contributed by atoms with Crippen molar-refractivity contribution in [3.8, 4) is 0 Å². The lowest BCUT2D eigenvalue weighted by Crippen LogP contribution is -2.50. The molecule has 1 aromatic rings. The monoisotopic (exact) mass is 453 g/mol. The number of ether oxygens (including phenoxy) is 1. The fourth-order valence-corrected chi connectivity index (χ4v) is 5.31. The van der Waals surface area contributed by atoms with E-state index in [4.69, 9.17) is 4.74 Å².